The van der Waals surface area contributed by atoms with E-state index in [-0.39, 0.29) is 11.2 Å². The van der Waals surface area contributed by atoms with Gasteiger partial charge in [-0.05, 0) is 35.9 Å². The van der Waals surface area contributed by atoms with E-state index in [4.69, 9.17) is 0 Å². The molecule has 0 amide bonds. The zero-order valence-corrected chi connectivity index (χ0v) is 12.6. The number of hydrogen-bond donors (Lipinski definition) is 0. The average molecular weight is 292 g/mol. The molecule has 1 aliphatic rings. The Labute approximate surface area is 129 Å². The zero-order chi connectivity index (χ0) is 15.6. The third kappa shape index (κ3) is 2.89. The lowest BCUT2D eigenvalue weighted by Crippen LogP contribution is -2.14. The lowest BCUT2D eigenvalue weighted by atomic mass is 9.87. The summed E-state index contributed by atoms with van der Waals surface area (Å²) >= 11 is 0. The van der Waals surface area contributed by atoms with Gasteiger partial charge < -0.3 is 0 Å². The van der Waals surface area contributed by atoms with Gasteiger partial charge >= 0.3 is 0 Å². The van der Waals surface area contributed by atoms with Crippen molar-refractivity contribution < 1.29 is 4.39 Å². The quantitative estimate of drug-likeness (QED) is 0.569. The van der Waals surface area contributed by atoms with Gasteiger partial charge in [0.05, 0.1) is 11.2 Å². The van der Waals surface area contributed by atoms with E-state index in [1.165, 1.54) is 11.5 Å². The molecule has 2 heterocycles. The van der Waals surface area contributed by atoms with Gasteiger partial charge in [-0.2, -0.15) is 0 Å². The number of aliphatic imine (C=N–C) groups is 1. The van der Waals surface area contributed by atoms with E-state index in [1.54, 1.807) is 12.1 Å². The predicted octanol–water partition coefficient (Wildman–Crippen LogP) is 5.05. The summed E-state index contributed by atoms with van der Waals surface area (Å²) in [4.78, 5) is 8.38. The molecule has 110 valence electrons. The summed E-state index contributed by atoms with van der Waals surface area (Å²) in [6.45, 7) is 4.06. The Kier molecular flexibility index (Phi) is 3.72. The molecule has 0 N–H and O–H groups in total. The maximum Gasteiger partial charge on any atom is 0.123 e. The van der Waals surface area contributed by atoms with Crippen LogP contribution in [0.15, 0.2) is 65.8 Å². The molecule has 0 atom stereocenters. The Balaban J connectivity index is 0.000000133. The van der Waals surface area contributed by atoms with Crippen LogP contribution in [0.25, 0.3) is 10.9 Å². The van der Waals surface area contributed by atoms with Crippen LogP contribution in [0.2, 0.25) is 0 Å². The minimum Gasteiger partial charge on any atom is -0.260 e. The smallest absolute Gasteiger partial charge is 0.123 e. The lowest BCUT2D eigenvalue weighted by Gasteiger charge is -2.14. The van der Waals surface area contributed by atoms with Gasteiger partial charge in [-0.25, -0.2) is 4.39 Å². The molecule has 0 radical (unpaired) electrons. The van der Waals surface area contributed by atoms with Gasteiger partial charge in [-0.15, -0.1) is 0 Å². The third-order valence-electron chi connectivity index (χ3n) is 3.69. The van der Waals surface area contributed by atoms with Crippen molar-refractivity contribution >= 4 is 22.8 Å². The number of rotatable bonds is 0. The highest BCUT2D eigenvalue weighted by Crippen LogP contribution is 2.36. The number of pyridine rings is 1. The second-order valence-electron chi connectivity index (χ2n) is 5.84. The summed E-state index contributed by atoms with van der Waals surface area (Å²) in [6, 6.07) is 16.8. The number of benzene rings is 2. The van der Waals surface area contributed by atoms with Crippen LogP contribution in [0.4, 0.5) is 10.1 Å². The first-order valence-electron chi connectivity index (χ1n) is 7.21. The molecule has 4 rings (SSSR count). The Morgan fingerprint density at radius 3 is 2.55 bits per heavy atom. The number of para-hydroxylation sites is 1. The van der Waals surface area contributed by atoms with Gasteiger partial charge in [-0.3, -0.25) is 9.98 Å². The van der Waals surface area contributed by atoms with E-state index in [0.29, 0.717) is 0 Å². The van der Waals surface area contributed by atoms with Gasteiger partial charge in [0.2, 0.25) is 0 Å². The van der Waals surface area contributed by atoms with E-state index in [0.717, 1.165) is 16.8 Å². The van der Waals surface area contributed by atoms with Gasteiger partial charge in [0.25, 0.3) is 0 Å². The molecular formula is C19H17FN2. The fourth-order valence-electron chi connectivity index (χ4n) is 2.45. The molecule has 0 unspecified atom stereocenters. The second-order valence-corrected chi connectivity index (χ2v) is 5.84. The maximum absolute atomic E-state index is 12.8. The van der Waals surface area contributed by atoms with Crippen molar-refractivity contribution in [1.82, 2.24) is 4.98 Å². The largest absolute Gasteiger partial charge is 0.260 e. The highest BCUT2D eigenvalue weighted by atomic mass is 19.1. The first-order valence-corrected chi connectivity index (χ1v) is 7.21. The second kappa shape index (κ2) is 5.68. The number of hydrogen-bond acceptors (Lipinski definition) is 2. The number of halogens is 1. The van der Waals surface area contributed by atoms with Crippen LogP contribution in [0.1, 0.15) is 19.4 Å². The first kappa shape index (κ1) is 14.4. The van der Waals surface area contributed by atoms with E-state index >= 15 is 0 Å². The van der Waals surface area contributed by atoms with Crippen molar-refractivity contribution in [2.45, 2.75) is 19.3 Å². The highest BCUT2D eigenvalue weighted by Gasteiger charge is 2.26. The molecule has 22 heavy (non-hydrogen) atoms. The number of fused-ring (bicyclic) bond motifs is 2. The van der Waals surface area contributed by atoms with Gasteiger partial charge in [0.1, 0.15) is 5.82 Å². The van der Waals surface area contributed by atoms with Crippen LogP contribution in [0.3, 0.4) is 0 Å². The summed E-state index contributed by atoms with van der Waals surface area (Å²) in [5.74, 6) is -0.188. The van der Waals surface area contributed by atoms with E-state index in [2.05, 4.69) is 22.1 Å². The van der Waals surface area contributed by atoms with Crippen LogP contribution in [-0.2, 0) is 5.41 Å². The van der Waals surface area contributed by atoms with Crippen LogP contribution in [0, 0.1) is 5.82 Å². The van der Waals surface area contributed by atoms with Crippen molar-refractivity contribution in [3.8, 4) is 0 Å². The van der Waals surface area contributed by atoms with Gasteiger partial charge in [-0.1, -0.05) is 38.1 Å². The molecule has 1 aromatic heterocycles. The van der Waals surface area contributed by atoms with E-state index in [1.807, 2.05) is 50.5 Å². The molecule has 0 bridgehead atoms. The minimum atomic E-state index is -0.188. The number of nitrogens with zero attached hydrogens (tertiary/aromatic N) is 2. The number of aromatic nitrogens is 1. The molecule has 3 aromatic rings. The van der Waals surface area contributed by atoms with Crippen LogP contribution in [-0.4, -0.2) is 11.2 Å². The Hall–Kier alpha value is -2.55. The highest BCUT2D eigenvalue weighted by molar-refractivity contribution is 5.84. The summed E-state index contributed by atoms with van der Waals surface area (Å²) in [5, 5.41) is 1.20. The van der Waals surface area contributed by atoms with Crippen LogP contribution in [0.5, 0.6) is 0 Å². The molecule has 0 saturated carbocycles. The Morgan fingerprint density at radius 2 is 1.73 bits per heavy atom. The summed E-state index contributed by atoms with van der Waals surface area (Å²) in [7, 11) is 0. The van der Waals surface area contributed by atoms with Crippen molar-refractivity contribution in [3.63, 3.8) is 0 Å². The van der Waals surface area contributed by atoms with Crippen molar-refractivity contribution in [3.05, 3.63) is 72.2 Å². The fourth-order valence-corrected chi connectivity index (χ4v) is 2.45. The van der Waals surface area contributed by atoms with Gasteiger partial charge in [0, 0.05) is 23.2 Å². The summed E-state index contributed by atoms with van der Waals surface area (Å²) < 4.78 is 12.8. The Morgan fingerprint density at radius 1 is 0.955 bits per heavy atom. The molecule has 3 heteroatoms. The van der Waals surface area contributed by atoms with Crippen molar-refractivity contribution in [2.75, 3.05) is 0 Å². The molecule has 0 spiro atoms. The first-order chi connectivity index (χ1) is 10.6. The fraction of sp³-hybridized carbons (Fsp3) is 0.158. The van der Waals surface area contributed by atoms with Crippen LogP contribution < -0.4 is 0 Å². The SMILES string of the molecule is CC1(C)C=Nc2ccc(F)cc21.c1ccc2ncccc2c1. The maximum atomic E-state index is 12.8. The molecule has 1 aliphatic heterocycles. The van der Waals surface area contributed by atoms with Gasteiger partial charge in [0.15, 0.2) is 0 Å². The normalized spacial score (nSPS) is 14.3. The van der Waals surface area contributed by atoms with Crippen LogP contribution >= 0.6 is 0 Å². The van der Waals surface area contributed by atoms with E-state index in [9.17, 15) is 4.39 Å². The molecular weight excluding hydrogens is 275 g/mol. The molecule has 2 aromatic carbocycles. The average Bonchev–Trinajstić information content (AvgIpc) is 2.83. The molecule has 2 nitrogen and oxygen atoms in total. The summed E-state index contributed by atoms with van der Waals surface area (Å²) in [6.07, 6.45) is 3.67. The monoisotopic (exact) mass is 292 g/mol. The summed E-state index contributed by atoms with van der Waals surface area (Å²) in [5.41, 5.74) is 2.81. The van der Waals surface area contributed by atoms with Crippen molar-refractivity contribution in [2.24, 2.45) is 4.99 Å². The lowest BCUT2D eigenvalue weighted by molar-refractivity contribution is 0.620. The molecule has 0 saturated heterocycles. The van der Waals surface area contributed by atoms with Crippen molar-refractivity contribution in [1.29, 1.82) is 0 Å². The molecule has 0 aliphatic carbocycles. The predicted molar refractivity (Wildman–Crippen MR) is 89.3 cm³/mol. The molecule has 0 fully saturated rings. The Bertz CT molecular complexity index is 772. The topological polar surface area (TPSA) is 25.2 Å². The van der Waals surface area contributed by atoms with E-state index < -0.39 is 0 Å². The minimum absolute atomic E-state index is 0.114. The standard InChI is InChI=1S/C10H10FN.C9H7N/c1-10(2)6-12-9-4-3-7(11)5-8(9)10;1-2-6-9-8(4-1)5-3-7-10-9/h3-6H,1-2H3;1-7H. The third-order valence-corrected chi connectivity index (χ3v) is 3.69. The zero-order valence-electron chi connectivity index (χ0n) is 12.6.